The van der Waals surface area contributed by atoms with Gasteiger partial charge in [-0.25, -0.2) is 42.5 Å². The number of carbonyl (C=O) groups is 3. The molecule has 0 bridgehead atoms. The summed E-state index contributed by atoms with van der Waals surface area (Å²) in [4.78, 5) is 76.4. The van der Waals surface area contributed by atoms with Crippen molar-refractivity contribution in [3.63, 3.8) is 0 Å². The van der Waals surface area contributed by atoms with E-state index in [-0.39, 0.29) is 39.5 Å². The molecule has 0 spiro atoms. The number of hydrogen-bond donors (Lipinski definition) is 0. The van der Waals surface area contributed by atoms with Gasteiger partial charge in [-0.1, -0.05) is 91.0 Å². The van der Waals surface area contributed by atoms with E-state index in [9.17, 15) is 28.8 Å². The summed E-state index contributed by atoms with van der Waals surface area (Å²) in [5.41, 5.74) is -0.656. The van der Waals surface area contributed by atoms with Crippen LogP contribution in [0.2, 0.25) is 0 Å². The molecule has 3 aromatic carbocycles. The highest BCUT2D eigenvalue weighted by molar-refractivity contribution is 5.88. The molecule has 0 saturated heterocycles. The summed E-state index contributed by atoms with van der Waals surface area (Å²) in [6, 6.07) is 27.1. The van der Waals surface area contributed by atoms with Gasteiger partial charge in [-0.15, -0.1) is 0 Å². The predicted octanol–water partition coefficient (Wildman–Crippen LogP) is 2.94. The number of nitrogens with zero attached hydrogens (tertiary/aromatic N) is 3. The molecule has 0 N–H and O–H groups in total. The standard InChI is InChI=1S/C36H33N3O9/c40-31(19-16-28-10-4-1-5-11-28)46-25-22-37-34(43)38(23-26-47-32(41)20-17-29-12-6-2-7-13-29)36(45)39(35(37)44)24-27-48-33(42)21-18-30-14-8-3-9-15-30/h1-21H,22-27H2. The van der Waals surface area contributed by atoms with Crippen LogP contribution in [0.15, 0.2) is 124 Å². The Morgan fingerprint density at radius 1 is 0.438 bits per heavy atom. The van der Waals surface area contributed by atoms with E-state index in [2.05, 4.69) is 0 Å². The zero-order valence-electron chi connectivity index (χ0n) is 25.9. The molecule has 1 heterocycles. The van der Waals surface area contributed by atoms with Gasteiger partial charge in [0.15, 0.2) is 0 Å². The molecule has 0 fully saturated rings. The molecule has 246 valence electrons. The molecule has 0 radical (unpaired) electrons. The monoisotopic (exact) mass is 651 g/mol. The van der Waals surface area contributed by atoms with Gasteiger partial charge in [-0.2, -0.15) is 0 Å². The molecule has 0 saturated carbocycles. The van der Waals surface area contributed by atoms with Gasteiger partial charge in [-0.3, -0.25) is 0 Å². The topological polar surface area (TPSA) is 145 Å². The van der Waals surface area contributed by atoms with Gasteiger partial charge in [0.2, 0.25) is 0 Å². The minimum atomic E-state index is -0.990. The molecule has 0 aliphatic heterocycles. The second-order valence-corrected chi connectivity index (χ2v) is 10.0. The molecular weight excluding hydrogens is 618 g/mol. The molecule has 1 aromatic heterocycles. The van der Waals surface area contributed by atoms with Crippen molar-refractivity contribution in [2.24, 2.45) is 0 Å². The summed E-state index contributed by atoms with van der Waals surface area (Å²) in [5.74, 6) is -2.11. The Morgan fingerprint density at radius 2 is 0.688 bits per heavy atom. The number of ether oxygens (including phenoxy) is 3. The zero-order valence-corrected chi connectivity index (χ0v) is 25.9. The average molecular weight is 652 g/mol. The summed E-state index contributed by atoms with van der Waals surface area (Å²) >= 11 is 0. The number of benzene rings is 3. The van der Waals surface area contributed by atoms with Crippen molar-refractivity contribution in [2.75, 3.05) is 19.8 Å². The third kappa shape index (κ3) is 10.7. The smallest absolute Gasteiger partial charge is 0.336 e. The summed E-state index contributed by atoms with van der Waals surface area (Å²) in [6.07, 6.45) is 8.27. The van der Waals surface area contributed by atoms with Crippen molar-refractivity contribution in [1.82, 2.24) is 13.7 Å². The number of carbonyl (C=O) groups excluding carboxylic acids is 3. The van der Waals surface area contributed by atoms with Crippen molar-refractivity contribution in [2.45, 2.75) is 19.6 Å². The highest BCUT2D eigenvalue weighted by Crippen LogP contribution is 2.03. The Morgan fingerprint density at radius 3 is 0.938 bits per heavy atom. The summed E-state index contributed by atoms with van der Waals surface area (Å²) < 4.78 is 17.7. The largest absolute Gasteiger partial charge is 0.461 e. The fraction of sp³-hybridized carbons (Fsp3) is 0.167. The van der Waals surface area contributed by atoms with Crippen LogP contribution in [0.1, 0.15) is 16.7 Å². The lowest BCUT2D eigenvalue weighted by molar-refractivity contribution is -0.138. The van der Waals surface area contributed by atoms with Crippen molar-refractivity contribution < 1.29 is 28.6 Å². The average Bonchev–Trinajstić information content (AvgIpc) is 3.11. The van der Waals surface area contributed by atoms with E-state index in [1.165, 1.54) is 18.2 Å². The van der Waals surface area contributed by atoms with E-state index < -0.39 is 35.0 Å². The maximum atomic E-state index is 13.2. The van der Waals surface area contributed by atoms with Crippen molar-refractivity contribution in [3.05, 3.63) is 157 Å². The second kappa shape index (κ2) is 18.0. The zero-order chi connectivity index (χ0) is 34.1. The Kier molecular flexibility index (Phi) is 13.0. The van der Waals surface area contributed by atoms with Crippen LogP contribution < -0.4 is 17.1 Å². The predicted molar refractivity (Wildman–Crippen MR) is 179 cm³/mol. The molecule has 4 rings (SSSR count). The van der Waals surface area contributed by atoms with Gasteiger partial charge < -0.3 is 14.2 Å². The van der Waals surface area contributed by atoms with Crippen LogP contribution in [-0.4, -0.2) is 51.4 Å². The Labute approximate surface area is 275 Å². The van der Waals surface area contributed by atoms with Gasteiger partial charge in [0.05, 0.1) is 19.6 Å². The maximum absolute atomic E-state index is 13.2. The first-order chi connectivity index (χ1) is 23.3. The van der Waals surface area contributed by atoms with E-state index >= 15 is 0 Å². The van der Waals surface area contributed by atoms with Crippen LogP contribution >= 0.6 is 0 Å². The van der Waals surface area contributed by atoms with Crippen LogP contribution in [0, 0.1) is 0 Å². The van der Waals surface area contributed by atoms with E-state index in [1.54, 1.807) is 54.6 Å². The maximum Gasteiger partial charge on any atom is 0.336 e. The third-order valence-electron chi connectivity index (χ3n) is 6.70. The molecule has 0 amide bonds. The third-order valence-corrected chi connectivity index (χ3v) is 6.70. The molecule has 4 aromatic rings. The van der Waals surface area contributed by atoms with E-state index in [1.807, 2.05) is 54.6 Å². The fourth-order valence-electron chi connectivity index (χ4n) is 4.30. The molecule has 0 aliphatic rings. The lowest BCUT2D eigenvalue weighted by Gasteiger charge is -2.14. The van der Waals surface area contributed by atoms with Gasteiger partial charge >= 0.3 is 35.0 Å². The van der Waals surface area contributed by atoms with E-state index in [0.717, 1.165) is 30.4 Å². The lowest BCUT2D eigenvalue weighted by atomic mass is 10.2. The van der Waals surface area contributed by atoms with Crippen LogP contribution in [0.5, 0.6) is 0 Å². The minimum Gasteiger partial charge on any atom is -0.461 e. The van der Waals surface area contributed by atoms with Gasteiger partial charge in [0.1, 0.15) is 19.8 Å². The van der Waals surface area contributed by atoms with Crippen LogP contribution in [0.4, 0.5) is 0 Å². The summed E-state index contributed by atoms with van der Waals surface area (Å²) in [6.45, 7) is -2.19. The van der Waals surface area contributed by atoms with Gasteiger partial charge in [0, 0.05) is 18.2 Å². The quantitative estimate of drug-likeness (QED) is 0.108. The number of hydrogen-bond acceptors (Lipinski definition) is 9. The SMILES string of the molecule is O=C(C=Cc1ccccc1)OCCn1c(=O)n(CCOC(=O)C=Cc2ccccc2)c(=O)n(CCOC(=O)C=Cc2ccccc2)c1=O. The highest BCUT2D eigenvalue weighted by Gasteiger charge is 2.17. The van der Waals surface area contributed by atoms with Crippen molar-refractivity contribution >= 4 is 36.1 Å². The van der Waals surface area contributed by atoms with Gasteiger partial charge in [0.25, 0.3) is 0 Å². The highest BCUT2D eigenvalue weighted by atomic mass is 16.5. The first kappa shape index (κ1) is 34.6. The van der Waals surface area contributed by atoms with E-state index in [4.69, 9.17) is 14.2 Å². The number of rotatable bonds is 15. The van der Waals surface area contributed by atoms with Gasteiger partial charge in [-0.05, 0) is 34.9 Å². The minimum absolute atomic E-state index is 0.357. The number of esters is 3. The van der Waals surface area contributed by atoms with Crippen molar-refractivity contribution in [3.8, 4) is 0 Å². The van der Waals surface area contributed by atoms with Crippen LogP contribution in [-0.2, 0) is 48.2 Å². The van der Waals surface area contributed by atoms with Crippen LogP contribution in [0.3, 0.4) is 0 Å². The molecule has 0 unspecified atom stereocenters. The molecule has 12 nitrogen and oxygen atoms in total. The Bertz CT molecular complexity index is 1700. The number of aromatic nitrogens is 3. The molecule has 12 heteroatoms. The second-order valence-electron chi connectivity index (χ2n) is 10.0. The molecule has 0 aliphatic carbocycles. The normalized spacial score (nSPS) is 11.2. The summed E-state index contributed by atoms with van der Waals surface area (Å²) in [7, 11) is 0. The molecule has 48 heavy (non-hydrogen) atoms. The van der Waals surface area contributed by atoms with Crippen molar-refractivity contribution in [1.29, 1.82) is 0 Å². The fourth-order valence-corrected chi connectivity index (χ4v) is 4.30. The Hall–Kier alpha value is -6.30. The lowest BCUT2D eigenvalue weighted by Crippen LogP contribution is -2.55. The molecular formula is C36H33N3O9. The molecule has 0 atom stereocenters. The Balaban J connectivity index is 1.45. The van der Waals surface area contributed by atoms with E-state index in [0.29, 0.717) is 0 Å². The first-order valence-electron chi connectivity index (χ1n) is 15.0. The van der Waals surface area contributed by atoms with Crippen LogP contribution in [0.25, 0.3) is 18.2 Å². The first-order valence-corrected chi connectivity index (χ1v) is 15.0. The summed E-state index contributed by atoms with van der Waals surface area (Å²) in [5, 5.41) is 0.